The second-order valence-corrected chi connectivity index (χ2v) is 7.16. The lowest BCUT2D eigenvalue weighted by molar-refractivity contribution is 0.102. The average molecular weight is 452 g/mol. The molecule has 0 aromatic heterocycles. The predicted octanol–water partition coefficient (Wildman–Crippen LogP) is 5.89. The second kappa shape index (κ2) is 10.5. The molecule has 0 heterocycles. The SMILES string of the molecule is C=CCOc1ccc(NC(=O)c2ccc(OCCc3ccccc3)c(Br)c2)cc1. The summed E-state index contributed by atoms with van der Waals surface area (Å²) in [6.45, 7) is 4.62. The summed E-state index contributed by atoms with van der Waals surface area (Å²) in [5.74, 6) is 1.24. The molecule has 4 nitrogen and oxygen atoms in total. The molecule has 0 saturated heterocycles. The highest BCUT2D eigenvalue weighted by atomic mass is 79.9. The summed E-state index contributed by atoms with van der Waals surface area (Å²) < 4.78 is 12.0. The molecule has 0 aliphatic carbocycles. The first kappa shape index (κ1) is 20.7. The molecule has 1 N–H and O–H groups in total. The third-order valence-electron chi connectivity index (χ3n) is 4.17. The Labute approximate surface area is 179 Å². The fraction of sp³-hybridized carbons (Fsp3) is 0.125. The van der Waals surface area contributed by atoms with Crippen LogP contribution in [0.3, 0.4) is 0 Å². The molecule has 1 amide bonds. The molecule has 0 saturated carbocycles. The number of rotatable bonds is 9. The van der Waals surface area contributed by atoms with Crippen molar-refractivity contribution in [2.24, 2.45) is 0 Å². The van der Waals surface area contributed by atoms with E-state index < -0.39 is 0 Å². The fourth-order valence-corrected chi connectivity index (χ4v) is 3.17. The van der Waals surface area contributed by atoms with Crippen LogP contribution in [-0.2, 0) is 6.42 Å². The molecule has 3 rings (SSSR count). The van der Waals surface area contributed by atoms with Crippen LogP contribution >= 0.6 is 15.9 Å². The van der Waals surface area contributed by atoms with Gasteiger partial charge in [0.15, 0.2) is 0 Å². The molecule has 0 atom stereocenters. The van der Waals surface area contributed by atoms with Crippen LogP contribution in [-0.4, -0.2) is 19.1 Å². The number of amides is 1. The minimum atomic E-state index is -0.193. The van der Waals surface area contributed by atoms with Gasteiger partial charge in [-0.25, -0.2) is 0 Å². The van der Waals surface area contributed by atoms with E-state index in [2.05, 4.69) is 40.0 Å². The van der Waals surface area contributed by atoms with Crippen molar-refractivity contribution in [3.8, 4) is 11.5 Å². The third kappa shape index (κ3) is 6.22. The van der Waals surface area contributed by atoms with Crippen molar-refractivity contribution < 1.29 is 14.3 Å². The number of nitrogens with one attached hydrogen (secondary N) is 1. The van der Waals surface area contributed by atoms with Crippen molar-refractivity contribution in [1.29, 1.82) is 0 Å². The van der Waals surface area contributed by atoms with Gasteiger partial charge in [0.25, 0.3) is 5.91 Å². The van der Waals surface area contributed by atoms with Crippen molar-refractivity contribution in [2.75, 3.05) is 18.5 Å². The summed E-state index contributed by atoms with van der Waals surface area (Å²) in [5.41, 5.74) is 2.46. The monoisotopic (exact) mass is 451 g/mol. The molecule has 148 valence electrons. The molecule has 0 unspecified atom stereocenters. The molecule has 0 radical (unpaired) electrons. The van der Waals surface area contributed by atoms with Crippen molar-refractivity contribution in [3.63, 3.8) is 0 Å². The zero-order chi connectivity index (χ0) is 20.5. The first-order valence-electron chi connectivity index (χ1n) is 9.27. The summed E-state index contributed by atoms with van der Waals surface area (Å²) in [4.78, 5) is 12.5. The Hall–Kier alpha value is -3.05. The van der Waals surface area contributed by atoms with Crippen molar-refractivity contribution >= 4 is 27.5 Å². The zero-order valence-corrected chi connectivity index (χ0v) is 17.5. The van der Waals surface area contributed by atoms with Crippen LogP contribution in [0.5, 0.6) is 11.5 Å². The van der Waals surface area contributed by atoms with E-state index in [-0.39, 0.29) is 5.91 Å². The zero-order valence-electron chi connectivity index (χ0n) is 15.9. The van der Waals surface area contributed by atoms with Crippen LogP contribution in [0, 0.1) is 0 Å². The van der Waals surface area contributed by atoms with Crippen LogP contribution in [0.1, 0.15) is 15.9 Å². The Bertz CT molecular complexity index is 956. The maximum Gasteiger partial charge on any atom is 0.255 e. The van der Waals surface area contributed by atoms with Crippen LogP contribution < -0.4 is 14.8 Å². The molecule has 0 bridgehead atoms. The Balaban J connectivity index is 1.55. The quantitative estimate of drug-likeness (QED) is 0.412. The highest BCUT2D eigenvalue weighted by Gasteiger charge is 2.10. The van der Waals surface area contributed by atoms with E-state index in [4.69, 9.17) is 9.47 Å². The minimum absolute atomic E-state index is 0.193. The molecule has 3 aromatic carbocycles. The molecular weight excluding hydrogens is 430 g/mol. The summed E-state index contributed by atoms with van der Waals surface area (Å²) in [6, 6.07) is 22.7. The molecular formula is C24H22BrNO3. The number of anilines is 1. The lowest BCUT2D eigenvalue weighted by atomic mass is 10.1. The maximum absolute atomic E-state index is 12.5. The normalized spacial score (nSPS) is 10.2. The maximum atomic E-state index is 12.5. The van der Waals surface area contributed by atoms with Crippen LogP contribution in [0.4, 0.5) is 5.69 Å². The third-order valence-corrected chi connectivity index (χ3v) is 4.78. The number of ether oxygens (including phenoxy) is 2. The number of carbonyl (C=O) groups is 1. The number of hydrogen-bond acceptors (Lipinski definition) is 3. The van der Waals surface area contributed by atoms with Gasteiger partial charge in [0.1, 0.15) is 18.1 Å². The summed E-state index contributed by atoms with van der Waals surface area (Å²) in [5, 5.41) is 2.88. The lowest BCUT2D eigenvalue weighted by Gasteiger charge is -2.11. The summed E-state index contributed by atoms with van der Waals surface area (Å²) in [7, 11) is 0. The van der Waals surface area contributed by atoms with Crippen molar-refractivity contribution in [1.82, 2.24) is 0 Å². The van der Waals surface area contributed by atoms with Crippen LogP contribution in [0.25, 0.3) is 0 Å². The smallest absolute Gasteiger partial charge is 0.255 e. The average Bonchev–Trinajstić information content (AvgIpc) is 2.75. The minimum Gasteiger partial charge on any atom is -0.492 e. The topological polar surface area (TPSA) is 47.6 Å². The van der Waals surface area contributed by atoms with E-state index in [1.54, 1.807) is 48.5 Å². The van der Waals surface area contributed by atoms with E-state index in [1.165, 1.54) is 5.56 Å². The van der Waals surface area contributed by atoms with Gasteiger partial charge in [-0.05, 0) is 64.0 Å². The summed E-state index contributed by atoms with van der Waals surface area (Å²) >= 11 is 3.49. The first-order chi connectivity index (χ1) is 14.2. The lowest BCUT2D eigenvalue weighted by Crippen LogP contribution is -2.12. The van der Waals surface area contributed by atoms with Gasteiger partial charge >= 0.3 is 0 Å². The van der Waals surface area contributed by atoms with Gasteiger partial charge in [-0.15, -0.1) is 0 Å². The Kier molecular flexibility index (Phi) is 7.47. The van der Waals surface area contributed by atoms with Crippen molar-refractivity contribution in [3.05, 3.63) is 101 Å². The Morgan fingerprint density at radius 3 is 2.45 bits per heavy atom. The Morgan fingerprint density at radius 1 is 1.00 bits per heavy atom. The molecule has 3 aromatic rings. The van der Waals surface area contributed by atoms with Gasteiger partial charge in [0, 0.05) is 17.7 Å². The van der Waals surface area contributed by atoms with E-state index in [9.17, 15) is 4.79 Å². The van der Waals surface area contributed by atoms with Crippen LogP contribution in [0.2, 0.25) is 0 Å². The number of carbonyl (C=O) groups excluding carboxylic acids is 1. The van der Waals surface area contributed by atoms with Gasteiger partial charge in [-0.3, -0.25) is 4.79 Å². The van der Waals surface area contributed by atoms with Gasteiger partial charge in [0.2, 0.25) is 0 Å². The van der Waals surface area contributed by atoms with Gasteiger partial charge in [-0.2, -0.15) is 0 Å². The molecule has 29 heavy (non-hydrogen) atoms. The van der Waals surface area contributed by atoms with E-state index in [0.29, 0.717) is 30.2 Å². The fourth-order valence-electron chi connectivity index (χ4n) is 2.68. The molecule has 0 aliphatic heterocycles. The van der Waals surface area contributed by atoms with Crippen LogP contribution in [0.15, 0.2) is 89.9 Å². The first-order valence-corrected chi connectivity index (χ1v) is 10.1. The summed E-state index contributed by atoms with van der Waals surface area (Å²) in [6.07, 6.45) is 2.50. The number of hydrogen-bond donors (Lipinski definition) is 1. The molecule has 0 spiro atoms. The highest BCUT2D eigenvalue weighted by molar-refractivity contribution is 9.10. The standard InChI is InChI=1S/C24H22BrNO3/c1-2-15-28-21-11-9-20(10-12-21)26-24(27)19-8-13-23(22(25)17-19)29-16-14-18-6-4-3-5-7-18/h2-13,17H,1,14-16H2,(H,26,27). The largest absolute Gasteiger partial charge is 0.492 e. The van der Waals surface area contributed by atoms with E-state index in [1.807, 2.05) is 18.2 Å². The molecule has 0 fully saturated rings. The highest BCUT2D eigenvalue weighted by Crippen LogP contribution is 2.27. The van der Waals surface area contributed by atoms with Crippen molar-refractivity contribution in [2.45, 2.75) is 6.42 Å². The van der Waals surface area contributed by atoms with E-state index >= 15 is 0 Å². The van der Waals surface area contributed by atoms with Gasteiger partial charge in [-0.1, -0.05) is 43.0 Å². The van der Waals surface area contributed by atoms with E-state index in [0.717, 1.165) is 16.6 Å². The molecule has 0 aliphatic rings. The predicted molar refractivity (Wildman–Crippen MR) is 120 cm³/mol. The number of benzene rings is 3. The second-order valence-electron chi connectivity index (χ2n) is 6.31. The van der Waals surface area contributed by atoms with Gasteiger partial charge < -0.3 is 14.8 Å². The van der Waals surface area contributed by atoms with Gasteiger partial charge in [0.05, 0.1) is 11.1 Å². The molecule has 5 heteroatoms. The Morgan fingerprint density at radius 2 is 1.76 bits per heavy atom. The number of halogens is 1.